The van der Waals surface area contributed by atoms with Gasteiger partial charge in [0, 0.05) is 19.8 Å². The van der Waals surface area contributed by atoms with E-state index in [4.69, 9.17) is 4.74 Å². The fraction of sp³-hybridized carbons (Fsp3) is 0.800. The molecule has 1 atom stereocenters. The quantitative estimate of drug-likeness (QED) is 0.643. The molecule has 0 radical (unpaired) electrons. The predicted molar refractivity (Wildman–Crippen MR) is 55.3 cm³/mol. The van der Waals surface area contributed by atoms with Gasteiger partial charge < -0.3 is 15.0 Å². The predicted octanol–water partition coefficient (Wildman–Crippen LogP) is -0.240. The minimum atomic E-state index is -0.354. The maximum atomic E-state index is 11.5. The number of nitrogens with one attached hydrogen (secondary N) is 1. The Balaban J connectivity index is 2.36. The minimum Gasteiger partial charge on any atom is -0.382 e. The van der Waals surface area contributed by atoms with E-state index in [0.29, 0.717) is 19.8 Å². The van der Waals surface area contributed by atoms with Gasteiger partial charge in [-0.2, -0.15) is 0 Å². The van der Waals surface area contributed by atoms with Gasteiger partial charge in [0.2, 0.25) is 11.8 Å². The Morgan fingerprint density at radius 3 is 2.93 bits per heavy atom. The van der Waals surface area contributed by atoms with Crippen molar-refractivity contribution >= 4 is 11.8 Å². The van der Waals surface area contributed by atoms with Gasteiger partial charge in [0.15, 0.2) is 0 Å². The molecule has 5 nitrogen and oxygen atoms in total. The highest BCUT2D eigenvalue weighted by molar-refractivity contribution is 5.94. The molecule has 1 aliphatic heterocycles. The fourth-order valence-electron chi connectivity index (χ4n) is 1.57. The molecule has 0 aromatic rings. The molecule has 15 heavy (non-hydrogen) atoms. The maximum absolute atomic E-state index is 11.5. The van der Waals surface area contributed by atoms with Crippen molar-refractivity contribution in [2.75, 3.05) is 26.3 Å². The summed E-state index contributed by atoms with van der Waals surface area (Å²) in [6.45, 7) is 5.71. The van der Waals surface area contributed by atoms with Gasteiger partial charge in [0.1, 0.15) is 6.04 Å². The summed E-state index contributed by atoms with van der Waals surface area (Å²) < 4.78 is 5.18. The molecule has 1 rings (SSSR count). The number of amides is 2. The van der Waals surface area contributed by atoms with Gasteiger partial charge in [0.25, 0.3) is 0 Å². The lowest BCUT2D eigenvalue weighted by atomic mass is 10.2. The Morgan fingerprint density at radius 2 is 2.27 bits per heavy atom. The third-order valence-electron chi connectivity index (χ3n) is 2.47. The molecule has 0 aromatic carbocycles. The number of piperazine rings is 1. The monoisotopic (exact) mass is 214 g/mol. The summed E-state index contributed by atoms with van der Waals surface area (Å²) in [5.41, 5.74) is 0. The molecule has 0 spiro atoms. The van der Waals surface area contributed by atoms with Crippen molar-refractivity contribution in [3.8, 4) is 0 Å². The molecule has 1 unspecified atom stereocenters. The lowest BCUT2D eigenvalue weighted by Crippen LogP contribution is -2.57. The van der Waals surface area contributed by atoms with E-state index >= 15 is 0 Å². The smallest absolute Gasteiger partial charge is 0.242 e. The molecular formula is C10H18N2O3. The maximum Gasteiger partial charge on any atom is 0.242 e. The van der Waals surface area contributed by atoms with E-state index in [1.807, 2.05) is 6.92 Å². The van der Waals surface area contributed by atoms with Crippen molar-refractivity contribution in [3.05, 3.63) is 0 Å². The van der Waals surface area contributed by atoms with Crippen LogP contribution in [0.1, 0.15) is 20.3 Å². The minimum absolute atomic E-state index is 0.0152. The second kappa shape index (κ2) is 5.70. The van der Waals surface area contributed by atoms with Crippen LogP contribution in [0.2, 0.25) is 0 Å². The van der Waals surface area contributed by atoms with Gasteiger partial charge in [-0.1, -0.05) is 0 Å². The van der Waals surface area contributed by atoms with Gasteiger partial charge in [0.05, 0.1) is 6.54 Å². The molecule has 1 N–H and O–H groups in total. The van der Waals surface area contributed by atoms with Gasteiger partial charge in [-0.05, 0) is 20.3 Å². The average molecular weight is 214 g/mol. The van der Waals surface area contributed by atoms with Crippen LogP contribution in [0.3, 0.4) is 0 Å². The number of nitrogens with zero attached hydrogens (tertiary/aromatic N) is 1. The largest absolute Gasteiger partial charge is 0.382 e. The Morgan fingerprint density at radius 1 is 1.53 bits per heavy atom. The van der Waals surface area contributed by atoms with Crippen LogP contribution >= 0.6 is 0 Å². The van der Waals surface area contributed by atoms with E-state index in [2.05, 4.69) is 5.32 Å². The van der Waals surface area contributed by atoms with Gasteiger partial charge in [-0.3, -0.25) is 9.59 Å². The summed E-state index contributed by atoms with van der Waals surface area (Å²) in [7, 11) is 0. The highest BCUT2D eigenvalue weighted by Gasteiger charge is 2.29. The molecule has 0 aliphatic carbocycles. The first kappa shape index (κ1) is 12.0. The molecule has 86 valence electrons. The van der Waals surface area contributed by atoms with E-state index < -0.39 is 0 Å². The van der Waals surface area contributed by atoms with Crippen molar-refractivity contribution in [3.63, 3.8) is 0 Å². The van der Waals surface area contributed by atoms with Crippen LogP contribution in [0.5, 0.6) is 0 Å². The molecule has 5 heteroatoms. The standard InChI is InChI=1S/C10H18N2O3/c1-3-15-6-4-5-12-8(2)10(14)11-7-9(12)13/h8H,3-7H2,1-2H3,(H,11,14). The number of carbonyl (C=O) groups is 2. The summed E-state index contributed by atoms with van der Waals surface area (Å²) in [4.78, 5) is 24.4. The Kier molecular flexibility index (Phi) is 4.55. The Labute approximate surface area is 89.8 Å². The Bertz CT molecular complexity index is 243. The third-order valence-corrected chi connectivity index (χ3v) is 2.47. The summed E-state index contributed by atoms with van der Waals surface area (Å²) in [5, 5.41) is 2.55. The zero-order chi connectivity index (χ0) is 11.3. The lowest BCUT2D eigenvalue weighted by Gasteiger charge is -2.32. The van der Waals surface area contributed by atoms with Crippen molar-refractivity contribution < 1.29 is 14.3 Å². The number of hydrogen-bond donors (Lipinski definition) is 1. The summed E-state index contributed by atoms with van der Waals surface area (Å²) >= 11 is 0. The summed E-state index contributed by atoms with van der Waals surface area (Å²) in [6, 6.07) is -0.354. The summed E-state index contributed by atoms with van der Waals surface area (Å²) in [6.07, 6.45) is 0.775. The van der Waals surface area contributed by atoms with Crippen molar-refractivity contribution in [1.82, 2.24) is 10.2 Å². The van der Waals surface area contributed by atoms with Crippen molar-refractivity contribution in [1.29, 1.82) is 0 Å². The molecule has 0 bridgehead atoms. The highest BCUT2D eigenvalue weighted by atomic mass is 16.5. The molecule has 2 amide bonds. The SMILES string of the molecule is CCOCCCN1C(=O)CNC(=O)C1C. The van der Waals surface area contributed by atoms with Crippen molar-refractivity contribution in [2.24, 2.45) is 0 Å². The second-order valence-corrected chi connectivity index (χ2v) is 3.53. The second-order valence-electron chi connectivity index (χ2n) is 3.53. The van der Waals surface area contributed by atoms with Crippen LogP contribution in [0, 0.1) is 0 Å². The van der Waals surface area contributed by atoms with E-state index in [9.17, 15) is 9.59 Å². The van der Waals surface area contributed by atoms with Gasteiger partial charge in [-0.15, -0.1) is 0 Å². The van der Waals surface area contributed by atoms with Crippen LogP contribution in [-0.2, 0) is 14.3 Å². The van der Waals surface area contributed by atoms with E-state index in [1.54, 1.807) is 11.8 Å². The number of ether oxygens (including phenoxy) is 1. The highest BCUT2D eigenvalue weighted by Crippen LogP contribution is 2.05. The molecule has 0 aromatic heterocycles. The first-order valence-electron chi connectivity index (χ1n) is 5.31. The first-order chi connectivity index (χ1) is 7.16. The van der Waals surface area contributed by atoms with Crippen LogP contribution in [-0.4, -0.2) is 49.1 Å². The van der Waals surface area contributed by atoms with Crippen LogP contribution in [0.25, 0.3) is 0 Å². The van der Waals surface area contributed by atoms with E-state index in [1.165, 1.54) is 0 Å². The average Bonchev–Trinajstić information content (AvgIpc) is 2.23. The molecule has 0 saturated carbocycles. The fourth-order valence-corrected chi connectivity index (χ4v) is 1.57. The normalized spacial score (nSPS) is 21.7. The van der Waals surface area contributed by atoms with Crippen LogP contribution in [0.4, 0.5) is 0 Å². The van der Waals surface area contributed by atoms with Crippen molar-refractivity contribution in [2.45, 2.75) is 26.3 Å². The summed E-state index contributed by atoms with van der Waals surface area (Å²) in [5.74, 6) is -0.0930. The molecule has 1 saturated heterocycles. The topological polar surface area (TPSA) is 58.6 Å². The number of hydrogen-bond acceptors (Lipinski definition) is 3. The van der Waals surface area contributed by atoms with E-state index in [0.717, 1.165) is 6.42 Å². The zero-order valence-electron chi connectivity index (χ0n) is 9.28. The van der Waals surface area contributed by atoms with E-state index in [-0.39, 0.29) is 24.4 Å². The molecular weight excluding hydrogens is 196 g/mol. The molecule has 1 heterocycles. The Hall–Kier alpha value is -1.10. The van der Waals surface area contributed by atoms with Crippen LogP contribution < -0.4 is 5.32 Å². The van der Waals surface area contributed by atoms with Gasteiger partial charge >= 0.3 is 0 Å². The number of rotatable bonds is 5. The lowest BCUT2D eigenvalue weighted by molar-refractivity contribution is -0.145. The third kappa shape index (κ3) is 3.20. The van der Waals surface area contributed by atoms with Crippen LogP contribution in [0.15, 0.2) is 0 Å². The zero-order valence-corrected chi connectivity index (χ0v) is 9.28. The molecule has 1 aliphatic rings. The first-order valence-corrected chi connectivity index (χ1v) is 5.31. The number of carbonyl (C=O) groups excluding carboxylic acids is 2. The molecule has 1 fully saturated rings. The van der Waals surface area contributed by atoms with Gasteiger partial charge in [-0.25, -0.2) is 0 Å².